The number of benzene rings is 1. The monoisotopic (exact) mass is 612 g/mol. The molecule has 0 unspecified atom stereocenters. The van der Waals surface area contributed by atoms with Crippen molar-refractivity contribution in [3.63, 3.8) is 0 Å². The van der Waals surface area contributed by atoms with E-state index in [9.17, 15) is 36.2 Å². The van der Waals surface area contributed by atoms with Crippen LogP contribution in [0.15, 0.2) is 35.9 Å². The number of alkyl halides is 6. The van der Waals surface area contributed by atoms with Crippen LogP contribution in [0.2, 0.25) is 0 Å². The second kappa shape index (κ2) is 15.9. The summed E-state index contributed by atoms with van der Waals surface area (Å²) in [6.45, 7) is 6.38. The maximum Gasteiger partial charge on any atom is 0.490 e. The molecule has 2 aliphatic rings. The highest BCUT2D eigenvalue weighted by atomic mass is 19.4. The number of carboxylic acid groups (broad SMARTS) is 3. The largest absolute Gasteiger partial charge is 0.490 e. The molecular formula is C28H38F6N2O6. The molecule has 2 aliphatic carbocycles. The predicted molar refractivity (Wildman–Crippen MR) is 143 cm³/mol. The standard InChI is InChI=1S/C24H36N2O2.2C2HF3O2/c1-4-18(14-17-8-6-5-7-9-17)21-15-22(21)26-20-12-10-19(11-13-20)25-16-24(2,3)23(27)28;2*3-2(4,5)1(6)7/h5-9,14,19-22,25-26H,4,10-13,15-16H2,1-3H3,(H,27,28);2*(H,6,7)/t19-,20+,21-,22+;;/m0../s1. The van der Waals surface area contributed by atoms with E-state index in [-0.39, 0.29) is 0 Å². The van der Waals surface area contributed by atoms with Crippen molar-refractivity contribution in [1.29, 1.82) is 0 Å². The van der Waals surface area contributed by atoms with Crippen molar-refractivity contribution in [3.05, 3.63) is 41.5 Å². The van der Waals surface area contributed by atoms with E-state index in [0.717, 1.165) is 19.3 Å². The van der Waals surface area contributed by atoms with E-state index in [4.69, 9.17) is 19.8 Å². The summed E-state index contributed by atoms with van der Waals surface area (Å²) in [4.78, 5) is 29.0. The molecule has 0 heterocycles. The summed E-state index contributed by atoms with van der Waals surface area (Å²) in [5, 5.41) is 30.9. The Morgan fingerprint density at radius 1 is 0.833 bits per heavy atom. The molecule has 0 amide bonds. The van der Waals surface area contributed by atoms with Crippen LogP contribution in [0.3, 0.4) is 0 Å². The van der Waals surface area contributed by atoms with Gasteiger partial charge in [-0.3, -0.25) is 4.79 Å². The first-order valence-electron chi connectivity index (χ1n) is 13.4. The summed E-state index contributed by atoms with van der Waals surface area (Å²) >= 11 is 0. The van der Waals surface area contributed by atoms with Crippen LogP contribution in [0.5, 0.6) is 0 Å². The van der Waals surface area contributed by atoms with Gasteiger partial charge in [-0.25, -0.2) is 9.59 Å². The number of halogens is 6. The first-order chi connectivity index (χ1) is 19.3. The Balaban J connectivity index is 0.000000522. The second-order valence-electron chi connectivity index (χ2n) is 10.8. The van der Waals surface area contributed by atoms with Crippen molar-refractivity contribution >= 4 is 24.0 Å². The summed E-state index contributed by atoms with van der Waals surface area (Å²) < 4.78 is 63.5. The van der Waals surface area contributed by atoms with Crippen molar-refractivity contribution in [2.75, 3.05) is 6.54 Å². The highest BCUT2D eigenvalue weighted by molar-refractivity contribution is 5.74. The van der Waals surface area contributed by atoms with Crippen LogP contribution in [0, 0.1) is 11.3 Å². The summed E-state index contributed by atoms with van der Waals surface area (Å²) in [5.41, 5.74) is 2.17. The van der Waals surface area contributed by atoms with Gasteiger partial charge in [0.25, 0.3) is 0 Å². The molecule has 1 aromatic rings. The van der Waals surface area contributed by atoms with E-state index in [1.165, 1.54) is 24.8 Å². The minimum atomic E-state index is -5.08. The van der Waals surface area contributed by atoms with Gasteiger partial charge in [0.1, 0.15) is 0 Å². The van der Waals surface area contributed by atoms with Gasteiger partial charge in [-0.2, -0.15) is 26.3 Å². The first-order valence-corrected chi connectivity index (χ1v) is 13.4. The van der Waals surface area contributed by atoms with Gasteiger partial charge >= 0.3 is 30.3 Å². The third-order valence-electron chi connectivity index (χ3n) is 6.90. The number of carboxylic acids is 3. The minimum absolute atomic E-state index is 0.454. The molecule has 8 nitrogen and oxygen atoms in total. The lowest BCUT2D eigenvalue weighted by molar-refractivity contribution is -0.193. The maximum absolute atomic E-state index is 11.2. The van der Waals surface area contributed by atoms with E-state index in [2.05, 4.69) is 54.0 Å². The molecule has 0 radical (unpaired) electrons. The van der Waals surface area contributed by atoms with Crippen molar-refractivity contribution < 1.29 is 56.0 Å². The van der Waals surface area contributed by atoms with Crippen LogP contribution in [-0.2, 0) is 14.4 Å². The number of hydrogen-bond donors (Lipinski definition) is 5. The van der Waals surface area contributed by atoms with E-state index in [1.807, 2.05) is 0 Å². The van der Waals surface area contributed by atoms with Crippen molar-refractivity contribution in [2.24, 2.45) is 11.3 Å². The highest BCUT2D eigenvalue weighted by Crippen LogP contribution is 2.40. The lowest BCUT2D eigenvalue weighted by atomic mass is 9.88. The fraction of sp³-hybridized carbons (Fsp3) is 0.607. The Hall–Kier alpha value is -3.13. The van der Waals surface area contributed by atoms with Gasteiger partial charge in [-0.1, -0.05) is 48.9 Å². The van der Waals surface area contributed by atoms with Gasteiger partial charge in [0.2, 0.25) is 0 Å². The molecule has 14 heteroatoms. The molecule has 238 valence electrons. The van der Waals surface area contributed by atoms with Crippen LogP contribution in [-0.4, -0.2) is 70.3 Å². The lowest BCUT2D eigenvalue weighted by Crippen LogP contribution is -2.45. The van der Waals surface area contributed by atoms with Crippen LogP contribution in [0.1, 0.15) is 64.9 Å². The van der Waals surface area contributed by atoms with E-state index in [1.54, 1.807) is 19.4 Å². The number of rotatable bonds is 9. The maximum atomic E-state index is 11.2. The number of carbonyl (C=O) groups is 3. The fourth-order valence-corrected chi connectivity index (χ4v) is 4.27. The van der Waals surface area contributed by atoms with Crippen LogP contribution >= 0.6 is 0 Å². The molecule has 0 aliphatic heterocycles. The lowest BCUT2D eigenvalue weighted by Gasteiger charge is -2.32. The topological polar surface area (TPSA) is 136 Å². The second-order valence-corrected chi connectivity index (χ2v) is 10.8. The summed E-state index contributed by atoms with van der Waals surface area (Å²) in [5.74, 6) is -5.55. The van der Waals surface area contributed by atoms with Crippen molar-refractivity contribution in [1.82, 2.24) is 10.6 Å². The Morgan fingerprint density at radius 2 is 1.29 bits per heavy atom. The molecular weight excluding hydrogens is 574 g/mol. The van der Waals surface area contributed by atoms with Crippen molar-refractivity contribution in [3.8, 4) is 0 Å². The zero-order chi connectivity index (χ0) is 32.3. The van der Waals surface area contributed by atoms with Crippen LogP contribution < -0.4 is 10.6 Å². The van der Waals surface area contributed by atoms with E-state index < -0.39 is 35.7 Å². The molecule has 2 saturated carbocycles. The van der Waals surface area contributed by atoms with Crippen molar-refractivity contribution in [2.45, 2.75) is 89.8 Å². The van der Waals surface area contributed by atoms with Gasteiger partial charge in [0.05, 0.1) is 5.41 Å². The summed E-state index contributed by atoms with van der Waals surface area (Å²) in [6.07, 6.45) is -0.796. The van der Waals surface area contributed by atoms with Crippen LogP contribution in [0.4, 0.5) is 26.3 Å². The summed E-state index contributed by atoms with van der Waals surface area (Å²) in [7, 11) is 0. The number of aliphatic carboxylic acids is 3. The minimum Gasteiger partial charge on any atom is -0.481 e. The summed E-state index contributed by atoms with van der Waals surface area (Å²) in [6, 6.07) is 12.3. The molecule has 42 heavy (non-hydrogen) atoms. The molecule has 5 N–H and O–H groups in total. The molecule has 0 spiro atoms. The van der Waals surface area contributed by atoms with Gasteiger partial charge in [-0.05, 0) is 63.9 Å². The van der Waals surface area contributed by atoms with E-state index in [0.29, 0.717) is 30.6 Å². The molecule has 0 aromatic heterocycles. The Kier molecular flexibility index (Phi) is 14.0. The smallest absolute Gasteiger partial charge is 0.481 e. The molecule has 3 rings (SSSR count). The molecule has 2 fully saturated rings. The number of hydrogen-bond acceptors (Lipinski definition) is 5. The van der Waals surface area contributed by atoms with Gasteiger partial charge in [0, 0.05) is 24.7 Å². The quantitative estimate of drug-likeness (QED) is 0.223. The predicted octanol–water partition coefficient (Wildman–Crippen LogP) is 5.74. The zero-order valence-electron chi connectivity index (χ0n) is 23.6. The van der Waals surface area contributed by atoms with E-state index >= 15 is 0 Å². The number of nitrogens with one attached hydrogen (secondary N) is 2. The van der Waals surface area contributed by atoms with Gasteiger partial charge < -0.3 is 26.0 Å². The molecule has 0 saturated heterocycles. The Morgan fingerprint density at radius 3 is 1.69 bits per heavy atom. The zero-order valence-corrected chi connectivity index (χ0v) is 23.6. The highest BCUT2D eigenvalue weighted by Gasteiger charge is 2.41. The fourth-order valence-electron chi connectivity index (χ4n) is 4.27. The normalized spacial score (nSPS) is 22.5. The van der Waals surface area contributed by atoms with Crippen LogP contribution in [0.25, 0.3) is 6.08 Å². The van der Waals surface area contributed by atoms with Gasteiger partial charge in [0.15, 0.2) is 0 Å². The van der Waals surface area contributed by atoms with Gasteiger partial charge in [-0.15, -0.1) is 0 Å². The molecule has 0 bridgehead atoms. The third kappa shape index (κ3) is 13.7. The average molecular weight is 613 g/mol. The first kappa shape index (κ1) is 36.9. The SMILES string of the molecule is CCC(=Cc1ccccc1)[C@@H]1C[C@H]1N[C@H]1CC[C@@H](NCC(C)(C)C(=O)O)CC1.O=C(O)C(F)(F)F.O=C(O)C(F)(F)F. The third-order valence-corrected chi connectivity index (χ3v) is 6.90. The molecule has 2 atom stereocenters. The average Bonchev–Trinajstić information content (AvgIpc) is 3.65. The Bertz CT molecular complexity index is 1030. The molecule has 1 aromatic carbocycles. The Labute approximate surface area is 240 Å².